The van der Waals surface area contributed by atoms with Gasteiger partial charge in [-0.2, -0.15) is 18.3 Å². The van der Waals surface area contributed by atoms with Gasteiger partial charge in [-0.3, -0.25) is 0 Å². The third-order valence-corrected chi connectivity index (χ3v) is 4.92. The molecule has 2 aromatic carbocycles. The van der Waals surface area contributed by atoms with Crippen LogP contribution in [0.1, 0.15) is 22.5 Å². The minimum Gasteiger partial charge on any atom is -0.378 e. The van der Waals surface area contributed by atoms with E-state index in [0.717, 1.165) is 16.8 Å². The normalized spacial score (nSPS) is 15.4. The topological polar surface area (TPSA) is 33.1 Å². The van der Waals surface area contributed by atoms with Crippen LogP contribution in [-0.4, -0.2) is 30.4 Å². The highest BCUT2D eigenvalue weighted by Crippen LogP contribution is 2.38. The quantitative estimate of drug-likeness (QED) is 0.700. The van der Waals surface area contributed by atoms with Crippen LogP contribution in [0.2, 0.25) is 0 Å². The van der Waals surface area contributed by atoms with E-state index in [1.165, 1.54) is 4.68 Å². The van der Waals surface area contributed by atoms with Crippen molar-refractivity contribution in [2.75, 3.05) is 25.5 Å². The number of fused-ring (bicyclic) bond motifs is 1. The van der Waals surface area contributed by atoms with E-state index < -0.39 is 11.9 Å². The maximum absolute atomic E-state index is 13.7. The summed E-state index contributed by atoms with van der Waals surface area (Å²) in [5.74, 6) is 0. The average molecular weight is 398 g/mol. The van der Waals surface area contributed by atoms with Crippen LogP contribution in [0, 0.1) is 0 Å². The largest absolute Gasteiger partial charge is 0.435 e. The second-order valence-corrected chi connectivity index (χ2v) is 7.18. The van der Waals surface area contributed by atoms with Gasteiger partial charge in [0.25, 0.3) is 0 Å². The van der Waals surface area contributed by atoms with Crippen molar-refractivity contribution in [2.45, 2.75) is 12.7 Å². The number of hydrogen-bond donors (Lipinski definition) is 1. The van der Waals surface area contributed by atoms with E-state index in [2.05, 4.69) is 10.4 Å². The Kier molecular flexibility index (Phi) is 4.92. The number of benzene rings is 2. The first kappa shape index (κ1) is 19.3. The monoisotopic (exact) mass is 398 g/mol. The number of nitrogens with zero attached hydrogens (tertiary/aromatic N) is 3. The van der Waals surface area contributed by atoms with Crippen LogP contribution >= 0.6 is 0 Å². The van der Waals surface area contributed by atoms with Gasteiger partial charge in [-0.15, -0.1) is 0 Å². The van der Waals surface area contributed by atoms with E-state index in [-0.39, 0.29) is 12.1 Å². The molecule has 0 radical (unpaired) electrons. The smallest absolute Gasteiger partial charge is 0.378 e. The van der Waals surface area contributed by atoms with E-state index in [4.69, 9.17) is 0 Å². The Balaban J connectivity index is 1.86. The molecule has 4 rings (SSSR count). The minimum atomic E-state index is -4.51. The molecule has 0 saturated carbocycles. The van der Waals surface area contributed by atoms with Crippen molar-refractivity contribution >= 4 is 17.3 Å². The first-order valence-corrected chi connectivity index (χ1v) is 9.28. The fourth-order valence-corrected chi connectivity index (χ4v) is 3.53. The molecule has 1 aliphatic rings. The summed E-state index contributed by atoms with van der Waals surface area (Å²) in [5, 5.41) is 7.06. The molecule has 7 heteroatoms. The molecule has 0 amide bonds. The second-order valence-electron chi connectivity index (χ2n) is 7.18. The van der Waals surface area contributed by atoms with Crippen LogP contribution in [0.5, 0.6) is 0 Å². The third kappa shape index (κ3) is 3.78. The van der Waals surface area contributed by atoms with Gasteiger partial charge in [-0.05, 0) is 41.5 Å². The molecule has 29 heavy (non-hydrogen) atoms. The summed E-state index contributed by atoms with van der Waals surface area (Å²) in [7, 11) is 3.92. The number of halogens is 3. The molecule has 1 aliphatic heterocycles. The molecule has 0 saturated heterocycles. The van der Waals surface area contributed by atoms with Gasteiger partial charge >= 0.3 is 6.18 Å². The number of nitrogens with one attached hydrogen (secondary N) is 1. The number of rotatable bonds is 3. The Bertz CT molecular complexity index is 1030. The van der Waals surface area contributed by atoms with Gasteiger partial charge in [0.15, 0.2) is 5.69 Å². The summed E-state index contributed by atoms with van der Waals surface area (Å²) < 4.78 is 42.4. The molecule has 0 fully saturated rings. The standard InChI is InChI=1S/C22H21F3N4/c1-28(2)17-10-8-15(9-11-17)12-16-13-26-14-19-20(16)29(18-6-4-3-5-7-18)27-21(19)22(23,24)25/h3-12,26H,13-14H2,1-2H3/b16-12+. The lowest BCUT2D eigenvalue weighted by atomic mass is 9.99. The number of aromatic nitrogens is 2. The average Bonchev–Trinajstić information content (AvgIpc) is 3.10. The zero-order valence-electron chi connectivity index (χ0n) is 16.2. The molecular weight excluding hydrogens is 377 g/mol. The van der Waals surface area contributed by atoms with E-state index in [0.29, 0.717) is 17.9 Å². The Labute approximate surface area is 167 Å². The zero-order chi connectivity index (χ0) is 20.6. The van der Waals surface area contributed by atoms with Crippen molar-refractivity contribution in [3.8, 4) is 5.69 Å². The molecule has 3 aromatic rings. The molecule has 150 valence electrons. The zero-order valence-corrected chi connectivity index (χ0v) is 16.2. The molecule has 0 aliphatic carbocycles. The first-order chi connectivity index (χ1) is 13.8. The van der Waals surface area contributed by atoms with Gasteiger partial charge < -0.3 is 10.2 Å². The number of alkyl halides is 3. The molecule has 0 atom stereocenters. The Hall–Kier alpha value is -3.06. The number of para-hydroxylation sites is 1. The van der Waals surface area contributed by atoms with Crippen LogP contribution in [0.15, 0.2) is 54.6 Å². The maximum Gasteiger partial charge on any atom is 0.435 e. The molecule has 0 bridgehead atoms. The highest BCUT2D eigenvalue weighted by molar-refractivity contribution is 5.84. The summed E-state index contributed by atoms with van der Waals surface area (Å²) in [6.45, 7) is 0.603. The Morgan fingerprint density at radius 2 is 1.69 bits per heavy atom. The molecule has 1 N–H and O–H groups in total. The van der Waals surface area contributed by atoms with Gasteiger partial charge in [0, 0.05) is 38.4 Å². The summed E-state index contributed by atoms with van der Waals surface area (Å²) in [4.78, 5) is 2.00. The first-order valence-electron chi connectivity index (χ1n) is 9.28. The van der Waals surface area contributed by atoms with Gasteiger partial charge in [0.2, 0.25) is 0 Å². The van der Waals surface area contributed by atoms with Crippen molar-refractivity contribution in [1.29, 1.82) is 0 Å². The Morgan fingerprint density at radius 3 is 2.31 bits per heavy atom. The summed E-state index contributed by atoms with van der Waals surface area (Å²) in [6.07, 6.45) is -2.59. The number of hydrogen-bond acceptors (Lipinski definition) is 3. The second kappa shape index (κ2) is 7.40. The summed E-state index contributed by atoms with van der Waals surface area (Å²) >= 11 is 0. The van der Waals surface area contributed by atoms with Crippen LogP contribution < -0.4 is 10.2 Å². The molecule has 1 aromatic heterocycles. The fraction of sp³-hybridized carbons (Fsp3) is 0.227. The third-order valence-electron chi connectivity index (χ3n) is 4.92. The Morgan fingerprint density at radius 1 is 1.00 bits per heavy atom. The lowest BCUT2D eigenvalue weighted by Crippen LogP contribution is -2.25. The van der Waals surface area contributed by atoms with E-state index in [9.17, 15) is 13.2 Å². The fourth-order valence-electron chi connectivity index (χ4n) is 3.53. The molecule has 0 spiro atoms. The predicted molar refractivity (Wildman–Crippen MR) is 109 cm³/mol. The van der Waals surface area contributed by atoms with Gasteiger partial charge in [0.05, 0.1) is 11.4 Å². The van der Waals surface area contributed by atoms with Crippen molar-refractivity contribution < 1.29 is 13.2 Å². The summed E-state index contributed by atoms with van der Waals surface area (Å²) in [5.41, 5.74) is 3.23. The van der Waals surface area contributed by atoms with E-state index in [1.807, 2.05) is 55.4 Å². The van der Waals surface area contributed by atoms with E-state index in [1.54, 1.807) is 24.3 Å². The van der Waals surface area contributed by atoms with Crippen molar-refractivity contribution in [2.24, 2.45) is 0 Å². The van der Waals surface area contributed by atoms with Gasteiger partial charge in [0.1, 0.15) is 0 Å². The molecule has 4 nitrogen and oxygen atoms in total. The molecule has 2 heterocycles. The van der Waals surface area contributed by atoms with Crippen molar-refractivity contribution in [3.05, 3.63) is 77.1 Å². The van der Waals surface area contributed by atoms with Gasteiger partial charge in [-0.1, -0.05) is 30.3 Å². The van der Waals surface area contributed by atoms with Crippen molar-refractivity contribution in [1.82, 2.24) is 15.1 Å². The van der Waals surface area contributed by atoms with Crippen LogP contribution in [-0.2, 0) is 12.7 Å². The molecular formula is C22H21F3N4. The lowest BCUT2D eigenvalue weighted by molar-refractivity contribution is -0.142. The van der Waals surface area contributed by atoms with Crippen LogP contribution in [0.3, 0.4) is 0 Å². The number of anilines is 1. The lowest BCUT2D eigenvalue weighted by Gasteiger charge is -2.20. The van der Waals surface area contributed by atoms with Crippen LogP contribution in [0.25, 0.3) is 17.3 Å². The SMILES string of the molecule is CN(C)c1ccc(/C=C2\CNCc3c(C(F)(F)F)nn(-c4ccccc4)c32)cc1. The van der Waals surface area contributed by atoms with Gasteiger partial charge in [-0.25, -0.2) is 4.68 Å². The highest BCUT2D eigenvalue weighted by atomic mass is 19.4. The maximum atomic E-state index is 13.7. The predicted octanol–water partition coefficient (Wildman–Crippen LogP) is 4.60. The van der Waals surface area contributed by atoms with Crippen LogP contribution in [0.4, 0.5) is 18.9 Å². The minimum absolute atomic E-state index is 0.133. The highest BCUT2D eigenvalue weighted by Gasteiger charge is 2.40. The molecule has 0 unspecified atom stereocenters. The summed E-state index contributed by atoms with van der Waals surface area (Å²) in [6, 6.07) is 16.8. The van der Waals surface area contributed by atoms with E-state index >= 15 is 0 Å². The van der Waals surface area contributed by atoms with Crippen molar-refractivity contribution in [3.63, 3.8) is 0 Å².